The number of hydrogen-bond acceptors (Lipinski definition) is 3. The molecule has 2 fully saturated rings. The smallest absolute Gasteiger partial charge is 0.191 e. The molecule has 146 valence electrons. The van der Waals surface area contributed by atoms with E-state index in [-0.39, 0.29) is 24.0 Å². The first-order valence-electron chi connectivity index (χ1n) is 9.66. The van der Waals surface area contributed by atoms with Gasteiger partial charge < -0.3 is 15.4 Å². The summed E-state index contributed by atoms with van der Waals surface area (Å²) in [6, 6.07) is 8.92. The van der Waals surface area contributed by atoms with Gasteiger partial charge in [0.15, 0.2) is 5.96 Å². The standard InChI is InChI=1S/C20H32N4O.HI/c1-21-20(22-10-13-25-16-19-8-9-19)23-14-17-4-6-18(7-5-17)15-24-11-2-3-12-24;/h4-7,19H,2-3,8-16H2,1H3,(H2,21,22,23);1H. The van der Waals surface area contributed by atoms with Crippen molar-refractivity contribution in [2.75, 3.05) is 39.9 Å². The van der Waals surface area contributed by atoms with Crippen LogP contribution in [0.2, 0.25) is 0 Å². The number of nitrogens with zero attached hydrogens (tertiary/aromatic N) is 2. The highest BCUT2D eigenvalue weighted by Crippen LogP contribution is 2.28. The van der Waals surface area contributed by atoms with Gasteiger partial charge in [0.2, 0.25) is 0 Å². The van der Waals surface area contributed by atoms with E-state index < -0.39 is 0 Å². The topological polar surface area (TPSA) is 48.9 Å². The van der Waals surface area contributed by atoms with E-state index in [0.717, 1.165) is 44.7 Å². The first kappa shape index (κ1) is 21.4. The van der Waals surface area contributed by atoms with Crippen LogP contribution in [0.5, 0.6) is 0 Å². The molecule has 0 unspecified atom stereocenters. The summed E-state index contributed by atoms with van der Waals surface area (Å²) in [7, 11) is 1.81. The van der Waals surface area contributed by atoms with Gasteiger partial charge in [-0.15, -0.1) is 24.0 Å². The molecule has 6 heteroatoms. The number of ether oxygens (including phenoxy) is 1. The molecule has 1 aromatic carbocycles. The van der Waals surface area contributed by atoms with Crippen molar-refractivity contribution in [3.8, 4) is 0 Å². The lowest BCUT2D eigenvalue weighted by molar-refractivity contribution is 0.129. The van der Waals surface area contributed by atoms with Crippen molar-refractivity contribution in [2.45, 2.75) is 38.8 Å². The minimum absolute atomic E-state index is 0. The predicted octanol–water partition coefficient (Wildman–Crippen LogP) is 2.99. The summed E-state index contributed by atoms with van der Waals surface area (Å²) in [6.45, 7) is 6.80. The maximum Gasteiger partial charge on any atom is 0.191 e. The van der Waals surface area contributed by atoms with Crippen molar-refractivity contribution in [3.63, 3.8) is 0 Å². The van der Waals surface area contributed by atoms with Gasteiger partial charge in [-0.2, -0.15) is 0 Å². The Morgan fingerprint density at radius 3 is 2.46 bits per heavy atom. The second kappa shape index (κ2) is 11.8. The molecule has 5 nitrogen and oxygen atoms in total. The third kappa shape index (κ3) is 7.80. The highest BCUT2D eigenvalue weighted by molar-refractivity contribution is 14.0. The molecule has 0 amide bonds. The van der Waals surface area contributed by atoms with Crippen LogP contribution in [-0.2, 0) is 17.8 Å². The molecule has 1 aromatic rings. The molecule has 1 heterocycles. The number of halogens is 1. The van der Waals surface area contributed by atoms with E-state index in [1.165, 1.54) is 49.9 Å². The maximum atomic E-state index is 5.63. The van der Waals surface area contributed by atoms with E-state index in [1.807, 2.05) is 0 Å². The summed E-state index contributed by atoms with van der Waals surface area (Å²) >= 11 is 0. The van der Waals surface area contributed by atoms with Crippen LogP contribution in [0.3, 0.4) is 0 Å². The normalized spacial score (nSPS) is 17.8. The fraction of sp³-hybridized carbons (Fsp3) is 0.650. The number of nitrogens with one attached hydrogen (secondary N) is 2. The van der Waals surface area contributed by atoms with Crippen LogP contribution in [0.4, 0.5) is 0 Å². The first-order chi connectivity index (χ1) is 12.3. The summed E-state index contributed by atoms with van der Waals surface area (Å²) < 4.78 is 5.63. The van der Waals surface area contributed by atoms with Gasteiger partial charge in [0, 0.05) is 33.3 Å². The van der Waals surface area contributed by atoms with E-state index in [4.69, 9.17) is 4.74 Å². The Balaban J connectivity index is 0.00000243. The Kier molecular flexibility index (Phi) is 9.71. The van der Waals surface area contributed by atoms with Gasteiger partial charge in [-0.25, -0.2) is 0 Å². The van der Waals surface area contributed by atoms with Crippen molar-refractivity contribution < 1.29 is 4.74 Å². The lowest BCUT2D eigenvalue weighted by Gasteiger charge is -2.15. The molecule has 2 N–H and O–H groups in total. The van der Waals surface area contributed by atoms with Crippen LogP contribution in [-0.4, -0.2) is 50.8 Å². The lowest BCUT2D eigenvalue weighted by atomic mass is 10.1. The van der Waals surface area contributed by atoms with Crippen LogP contribution < -0.4 is 10.6 Å². The zero-order valence-corrected chi connectivity index (χ0v) is 18.2. The summed E-state index contributed by atoms with van der Waals surface area (Å²) in [5.74, 6) is 1.65. The number of rotatable bonds is 9. The molecule has 2 aliphatic rings. The largest absolute Gasteiger partial charge is 0.379 e. The van der Waals surface area contributed by atoms with E-state index in [2.05, 4.69) is 44.8 Å². The van der Waals surface area contributed by atoms with Crippen molar-refractivity contribution >= 4 is 29.9 Å². The second-order valence-electron chi connectivity index (χ2n) is 7.17. The molecular formula is C20H33IN4O. The highest BCUT2D eigenvalue weighted by Gasteiger charge is 2.20. The van der Waals surface area contributed by atoms with Crippen LogP contribution in [0.25, 0.3) is 0 Å². The molecular weight excluding hydrogens is 439 g/mol. The molecule has 1 saturated carbocycles. The third-order valence-electron chi connectivity index (χ3n) is 4.90. The van der Waals surface area contributed by atoms with E-state index in [9.17, 15) is 0 Å². The number of benzene rings is 1. The highest BCUT2D eigenvalue weighted by atomic mass is 127. The van der Waals surface area contributed by atoms with Crippen molar-refractivity contribution in [2.24, 2.45) is 10.9 Å². The summed E-state index contributed by atoms with van der Waals surface area (Å²) in [5, 5.41) is 6.66. The quantitative estimate of drug-likeness (QED) is 0.251. The average Bonchev–Trinajstić information content (AvgIpc) is 3.33. The van der Waals surface area contributed by atoms with Gasteiger partial charge >= 0.3 is 0 Å². The van der Waals surface area contributed by atoms with Crippen molar-refractivity contribution in [3.05, 3.63) is 35.4 Å². The van der Waals surface area contributed by atoms with Gasteiger partial charge in [-0.1, -0.05) is 24.3 Å². The Hall–Kier alpha value is -0.860. The predicted molar refractivity (Wildman–Crippen MR) is 118 cm³/mol. The Bertz CT molecular complexity index is 539. The van der Waals surface area contributed by atoms with Crippen molar-refractivity contribution in [1.82, 2.24) is 15.5 Å². The molecule has 3 rings (SSSR count). The number of aliphatic imine (C=N–C) groups is 1. The molecule has 26 heavy (non-hydrogen) atoms. The molecule has 1 aliphatic heterocycles. The Labute approximate surface area is 175 Å². The maximum absolute atomic E-state index is 5.63. The first-order valence-corrected chi connectivity index (χ1v) is 9.66. The van der Waals surface area contributed by atoms with Crippen LogP contribution in [0.1, 0.15) is 36.8 Å². The van der Waals surface area contributed by atoms with Gasteiger partial charge in [-0.3, -0.25) is 9.89 Å². The molecule has 0 atom stereocenters. The van der Waals surface area contributed by atoms with E-state index >= 15 is 0 Å². The third-order valence-corrected chi connectivity index (χ3v) is 4.90. The van der Waals surface area contributed by atoms with Crippen LogP contribution in [0.15, 0.2) is 29.3 Å². The number of hydrogen-bond donors (Lipinski definition) is 2. The monoisotopic (exact) mass is 472 g/mol. The zero-order chi connectivity index (χ0) is 17.3. The van der Waals surface area contributed by atoms with Crippen molar-refractivity contribution in [1.29, 1.82) is 0 Å². The number of likely N-dealkylation sites (tertiary alicyclic amines) is 1. The Morgan fingerprint density at radius 2 is 1.81 bits per heavy atom. The summed E-state index contributed by atoms with van der Waals surface area (Å²) in [6.07, 6.45) is 5.38. The van der Waals surface area contributed by atoms with Gasteiger partial charge in [0.1, 0.15) is 0 Å². The van der Waals surface area contributed by atoms with Crippen LogP contribution in [0, 0.1) is 5.92 Å². The molecule has 0 bridgehead atoms. The van der Waals surface area contributed by atoms with Crippen LogP contribution >= 0.6 is 24.0 Å². The van der Waals surface area contributed by atoms with Gasteiger partial charge in [0.05, 0.1) is 6.61 Å². The van der Waals surface area contributed by atoms with Gasteiger partial charge in [0.25, 0.3) is 0 Å². The zero-order valence-electron chi connectivity index (χ0n) is 15.9. The SMILES string of the molecule is CN=C(NCCOCC1CC1)NCc1ccc(CN2CCCC2)cc1.I. The number of guanidine groups is 1. The van der Waals surface area contributed by atoms with E-state index in [0.29, 0.717) is 0 Å². The second-order valence-corrected chi connectivity index (χ2v) is 7.17. The molecule has 1 aliphatic carbocycles. The fourth-order valence-corrected chi connectivity index (χ4v) is 3.14. The molecule has 1 saturated heterocycles. The Morgan fingerprint density at radius 1 is 1.12 bits per heavy atom. The minimum Gasteiger partial charge on any atom is -0.379 e. The molecule has 0 spiro atoms. The summed E-state index contributed by atoms with van der Waals surface area (Å²) in [4.78, 5) is 6.80. The average molecular weight is 472 g/mol. The molecule has 0 radical (unpaired) electrons. The molecule has 0 aromatic heterocycles. The summed E-state index contributed by atoms with van der Waals surface area (Å²) in [5.41, 5.74) is 2.68. The van der Waals surface area contributed by atoms with Gasteiger partial charge in [-0.05, 0) is 55.8 Å². The minimum atomic E-state index is 0. The lowest BCUT2D eigenvalue weighted by Crippen LogP contribution is -2.38. The fourth-order valence-electron chi connectivity index (χ4n) is 3.14. The van der Waals surface area contributed by atoms with E-state index in [1.54, 1.807) is 7.05 Å².